The van der Waals surface area contributed by atoms with Crippen LogP contribution in [0.15, 0.2) is 91.0 Å². The summed E-state index contributed by atoms with van der Waals surface area (Å²) in [6.07, 6.45) is 0.688. The molecule has 38 heavy (non-hydrogen) atoms. The van der Waals surface area contributed by atoms with Gasteiger partial charge in [0, 0.05) is 18.1 Å². The van der Waals surface area contributed by atoms with Crippen LogP contribution in [0.4, 0.5) is 4.79 Å². The number of aliphatic hydroxyl groups is 1. The Hall–Kier alpha value is -3.52. The lowest BCUT2D eigenvalue weighted by molar-refractivity contribution is -0.115. The number of hydrogen-bond donors (Lipinski definition) is 5. The molecule has 202 valence electrons. The van der Waals surface area contributed by atoms with Crippen molar-refractivity contribution in [2.75, 3.05) is 0 Å². The van der Waals surface area contributed by atoms with Crippen LogP contribution in [-0.2, 0) is 23.3 Å². The van der Waals surface area contributed by atoms with Gasteiger partial charge < -0.3 is 31.6 Å². The summed E-state index contributed by atoms with van der Waals surface area (Å²) in [6, 6.07) is 26.2. The minimum Gasteiger partial charge on any atom is -0.389 e. The van der Waals surface area contributed by atoms with E-state index in [2.05, 4.69) is 16.0 Å². The monoisotopic (exact) mass is 516 g/mol. The van der Waals surface area contributed by atoms with Gasteiger partial charge in [-0.3, -0.25) is 0 Å². The molecule has 0 heterocycles. The summed E-state index contributed by atoms with van der Waals surface area (Å²) in [6.45, 7) is 6.32. The maximum absolute atomic E-state index is 13.1. The number of hydrogen-bond acceptors (Lipinski definition) is 5. The smallest absolute Gasteiger partial charge is 0.315 e. The fourth-order valence-electron chi connectivity index (χ4n) is 4.59. The van der Waals surface area contributed by atoms with Gasteiger partial charge in [-0.05, 0) is 50.3 Å². The number of carbonyl (C=O) groups is 2. The summed E-state index contributed by atoms with van der Waals surface area (Å²) in [5, 5.41) is 21.0. The number of benzene rings is 3. The first-order valence-corrected chi connectivity index (χ1v) is 13.0. The van der Waals surface area contributed by atoms with E-state index in [0.717, 1.165) is 11.1 Å². The van der Waals surface area contributed by atoms with E-state index in [1.165, 1.54) is 0 Å². The Balaban J connectivity index is 1.90. The number of amides is 2. The van der Waals surface area contributed by atoms with E-state index in [1.807, 2.05) is 87.5 Å². The average Bonchev–Trinajstić information content (AvgIpc) is 2.93. The van der Waals surface area contributed by atoms with Crippen molar-refractivity contribution in [3.05, 3.63) is 108 Å². The molecule has 0 fully saturated rings. The van der Waals surface area contributed by atoms with Crippen LogP contribution >= 0.6 is 0 Å². The third-order valence-corrected chi connectivity index (χ3v) is 6.52. The van der Waals surface area contributed by atoms with E-state index in [9.17, 15) is 14.7 Å². The number of nitrogens with two attached hydrogens (primary N) is 1. The Bertz CT molecular complexity index is 1140. The highest BCUT2D eigenvalue weighted by atomic mass is 16.3. The molecule has 3 rings (SSSR count). The Labute approximate surface area is 225 Å². The van der Waals surface area contributed by atoms with Crippen molar-refractivity contribution in [3.8, 4) is 0 Å². The molecule has 6 N–H and O–H groups in total. The molecule has 0 spiro atoms. The maximum atomic E-state index is 13.1. The predicted octanol–water partition coefficient (Wildman–Crippen LogP) is 3.66. The quantitative estimate of drug-likeness (QED) is 0.236. The van der Waals surface area contributed by atoms with Gasteiger partial charge in [0.25, 0.3) is 0 Å². The third kappa shape index (κ3) is 8.25. The zero-order valence-electron chi connectivity index (χ0n) is 22.4. The summed E-state index contributed by atoms with van der Waals surface area (Å²) in [7, 11) is 0. The van der Waals surface area contributed by atoms with Gasteiger partial charge in [-0.2, -0.15) is 0 Å². The first kappa shape index (κ1) is 29.0. The lowest BCUT2D eigenvalue weighted by Gasteiger charge is -2.41. The Morgan fingerprint density at radius 3 is 1.95 bits per heavy atom. The second kappa shape index (κ2) is 13.3. The lowest BCUT2D eigenvalue weighted by Crippen LogP contribution is -2.67. The normalized spacial score (nSPS) is 15.5. The number of nitrogens with one attached hydrogen (secondary N) is 3. The maximum Gasteiger partial charge on any atom is 0.315 e. The number of aryl methyl sites for hydroxylation is 1. The van der Waals surface area contributed by atoms with E-state index in [-0.39, 0.29) is 12.1 Å². The number of carbonyl (C=O) groups excluding carboxylic acids is 2. The molecular formula is C31H40N4O3. The molecule has 7 nitrogen and oxygen atoms in total. The molecule has 7 heteroatoms. The van der Waals surface area contributed by atoms with Crippen LogP contribution in [0, 0.1) is 0 Å². The van der Waals surface area contributed by atoms with Crippen LogP contribution in [0.3, 0.4) is 0 Å². The predicted molar refractivity (Wildman–Crippen MR) is 151 cm³/mol. The summed E-state index contributed by atoms with van der Waals surface area (Å²) < 4.78 is 0. The number of aldehydes is 1. The molecule has 4 unspecified atom stereocenters. The minimum absolute atomic E-state index is 0.289. The molecule has 3 aromatic carbocycles. The molecular weight excluding hydrogens is 476 g/mol. The van der Waals surface area contributed by atoms with E-state index < -0.39 is 29.8 Å². The molecule has 0 saturated carbocycles. The zero-order valence-corrected chi connectivity index (χ0v) is 22.4. The van der Waals surface area contributed by atoms with Gasteiger partial charge in [0.05, 0.1) is 12.1 Å². The van der Waals surface area contributed by atoms with Gasteiger partial charge in [0.1, 0.15) is 11.8 Å². The number of urea groups is 1. The lowest BCUT2D eigenvalue weighted by atomic mass is 9.79. The molecule has 0 bridgehead atoms. The Morgan fingerprint density at radius 1 is 0.895 bits per heavy atom. The summed E-state index contributed by atoms with van der Waals surface area (Å²) in [5.74, 6) is 0. The molecule has 3 aromatic rings. The fourth-order valence-corrected chi connectivity index (χ4v) is 4.59. The molecule has 0 aliphatic carbocycles. The van der Waals surface area contributed by atoms with Crippen molar-refractivity contribution < 1.29 is 14.7 Å². The number of aliphatic hydroxyl groups excluding tert-OH is 1. The van der Waals surface area contributed by atoms with E-state index in [4.69, 9.17) is 5.73 Å². The molecule has 0 aliphatic heterocycles. The zero-order chi connectivity index (χ0) is 27.6. The highest BCUT2D eigenvalue weighted by molar-refractivity contribution is 5.77. The van der Waals surface area contributed by atoms with Crippen molar-refractivity contribution in [1.82, 2.24) is 16.0 Å². The van der Waals surface area contributed by atoms with Crippen molar-refractivity contribution >= 4 is 12.3 Å². The van der Waals surface area contributed by atoms with Crippen LogP contribution in [0.5, 0.6) is 0 Å². The van der Waals surface area contributed by atoms with Crippen LogP contribution in [0.1, 0.15) is 43.9 Å². The highest BCUT2D eigenvalue weighted by Gasteiger charge is 2.45. The van der Waals surface area contributed by atoms with Crippen LogP contribution in [0.2, 0.25) is 0 Å². The SMILES string of the molecule is CC(C)(C)NC(CCc1ccccc1)C(O)C(NC(=O)NCc1ccccc1)C(N)(C=O)c1ccccc1. The van der Waals surface area contributed by atoms with E-state index >= 15 is 0 Å². The second-order valence-electron chi connectivity index (χ2n) is 10.7. The van der Waals surface area contributed by atoms with Crippen molar-refractivity contribution in [1.29, 1.82) is 0 Å². The van der Waals surface area contributed by atoms with Gasteiger partial charge in [-0.15, -0.1) is 0 Å². The Morgan fingerprint density at radius 2 is 1.42 bits per heavy atom. The molecule has 0 saturated heterocycles. The molecule has 0 radical (unpaired) electrons. The van der Waals surface area contributed by atoms with Gasteiger partial charge in [0.15, 0.2) is 0 Å². The minimum atomic E-state index is -1.67. The Kier molecular flexibility index (Phi) is 10.2. The van der Waals surface area contributed by atoms with E-state index in [0.29, 0.717) is 24.7 Å². The molecule has 0 aliphatic rings. The third-order valence-electron chi connectivity index (χ3n) is 6.52. The van der Waals surface area contributed by atoms with Crippen molar-refractivity contribution in [3.63, 3.8) is 0 Å². The van der Waals surface area contributed by atoms with Crippen LogP contribution in [-0.4, -0.2) is 41.2 Å². The van der Waals surface area contributed by atoms with Crippen molar-refractivity contribution in [2.24, 2.45) is 5.73 Å². The van der Waals surface area contributed by atoms with Crippen LogP contribution < -0.4 is 21.7 Å². The topological polar surface area (TPSA) is 116 Å². The van der Waals surface area contributed by atoms with Gasteiger partial charge in [-0.1, -0.05) is 91.0 Å². The highest BCUT2D eigenvalue weighted by Crippen LogP contribution is 2.26. The van der Waals surface area contributed by atoms with E-state index in [1.54, 1.807) is 24.3 Å². The van der Waals surface area contributed by atoms with Crippen LogP contribution in [0.25, 0.3) is 0 Å². The summed E-state index contributed by atoms with van der Waals surface area (Å²) in [4.78, 5) is 25.7. The molecule has 4 atom stereocenters. The van der Waals surface area contributed by atoms with Crippen molar-refractivity contribution in [2.45, 2.75) is 69.4 Å². The summed E-state index contributed by atoms with van der Waals surface area (Å²) >= 11 is 0. The second-order valence-corrected chi connectivity index (χ2v) is 10.7. The fraction of sp³-hybridized carbons (Fsp3) is 0.355. The largest absolute Gasteiger partial charge is 0.389 e. The number of rotatable bonds is 12. The standard InChI is InChI=1S/C31H40N4O3/c1-30(2,3)35-26(20-19-23-13-7-4-8-14-23)27(37)28(31(32,22-36)25-17-11-6-12-18-25)34-29(38)33-21-24-15-9-5-10-16-24/h4-18,22,26-28,35,37H,19-21,32H2,1-3H3,(H2,33,34,38). The summed E-state index contributed by atoms with van der Waals surface area (Å²) in [5.41, 5.74) is 7.27. The van der Waals surface area contributed by atoms with Gasteiger partial charge >= 0.3 is 6.03 Å². The van der Waals surface area contributed by atoms with Gasteiger partial charge in [0.2, 0.25) is 0 Å². The molecule has 0 aromatic heterocycles. The first-order valence-electron chi connectivity index (χ1n) is 13.0. The average molecular weight is 517 g/mol. The van der Waals surface area contributed by atoms with Gasteiger partial charge in [-0.25, -0.2) is 4.79 Å². The first-order chi connectivity index (χ1) is 18.1. The molecule has 2 amide bonds.